The predicted octanol–water partition coefficient (Wildman–Crippen LogP) is 1.29. The van der Waals surface area contributed by atoms with Crippen molar-refractivity contribution in [3.8, 4) is 11.4 Å². The third kappa shape index (κ3) is 3.14. The summed E-state index contributed by atoms with van der Waals surface area (Å²) < 4.78 is 35.0. The number of tetrazole rings is 1. The summed E-state index contributed by atoms with van der Waals surface area (Å²) in [6.07, 6.45) is 0. The highest BCUT2D eigenvalue weighted by atomic mass is 32.2. The first-order valence-electron chi connectivity index (χ1n) is 7.34. The summed E-state index contributed by atoms with van der Waals surface area (Å²) in [5.74, 6) is -0.0787. The third-order valence-electron chi connectivity index (χ3n) is 3.53. The Balaban J connectivity index is 2.01. The van der Waals surface area contributed by atoms with Crippen molar-refractivity contribution in [1.82, 2.24) is 20.2 Å². The van der Waals surface area contributed by atoms with Crippen LogP contribution in [0, 0.1) is 0 Å². The minimum absolute atomic E-state index is 0.000830. The normalized spacial score (nSPS) is 11.2. The molecule has 0 aliphatic heterocycles. The van der Waals surface area contributed by atoms with Crippen molar-refractivity contribution in [1.29, 1.82) is 0 Å². The van der Waals surface area contributed by atoms with Gasteiger partial charge in [-0.05, 0) is 41.6 Å². The zero-order chi connectivity index (χ0) is 18.7. The number of aromatic nitrogens is 4. The van der Waals surface area contributed by atoms with Gasteiger partial charge in [-0.3, -0.25) is 0 Å². The molecule has 134 valence electrons. The number of benzene rings is 2. The van der Waals surface area contributed by atoms with Crippen molar-refractivity contribution in [3.63, 3.8) is 0 Å². The Kier molecular flexibility index (Phi) is 4.67. The molecule has 0 bridgehead atoms. The maximum Gasteiger partial charge on any atom is 0.340 e. The molecule has 26 heavy (non-hydrogen) atoms. The number of carbonyl (C=O) groups is 1. The average molecular weight is 374 g/mol. The summed E-state index contributed by atoms with van der Waals surface area (Å²) in [7, 11) is -1.24. The Bertz CT molecular complexity index is 1040. The quantitative estimate of drug-likeness (QED) is 0.614. The summed E-state index contributed by atoms with van der Waals surface area (Å²) in [6.45, 7) is 0. The maximum atomic E-state index is 12.6. The Morgan fingerprint density at radius 1 is 1.04 bits per heavy atom. The Morgan fingerprint density at radius 2 is 1.73 bits per heavy atom. The topological polar surface area (TPSA) is 113 Å². The summed E-state index contributed by atoms with van der Waals surface area (Å²) >= 11 is 0. The van der Waals surface area contributed by atoms with Crippen molar-refractivity contribution in [2.24, 2.45) is 0 Å². The van der Waals surface area contributed by atoms with Crippen LogP contribution in [-0.2, 0) is 14.6 Å². The number of para-hydroxylation sites is 1. The van der Waals surface area contributed by atoms with Crippen LogP contribution in [0.2, 0.25) is 0 Å². The van der Waals surface area contributed by atoms with Gasteiger partial charge >= 0.3 is 5.97 Å². The largest absolute Gasteiger partial charge is 0.497 e. The van der Waals surface area contributed by atoms with E-state index in [4.69, 9.17) is 9.47 Å². The average Bonchev–Trinajstić information content (AvgIpc) is 3.18. The molecule has 9 nitrogen and oxygen atoms in total. The van der Waals surface area contributed by atoms with Crippen LogP contribution in [0.15, 0.2) is 58.6 Å². The van der Waals surface area contributed by atoms with E-state index >= 15 is 0 Å². The molecule has 0 unspecified atom stereocenters. The van der Waals surface area contributed by atoms with Crippen LogP contribution in [0.3, 0.4) is 0 Å². The van der Waals surface area contributed by atoms with E-state index in [1.54, 1.807) is 18.2 Å². The van der Waals surface area contributed by atoms with E-state index in [0.29, 0.717) is 5.75 Å². The van der Waals surface area contributed by atoms with Gasteiger partial charge in [-0.15, -0.1) is 9.90 Å². The van der Waals surface area contributed by atoms with Crippen molar-refractivity contribution < 1.29 is 22.7 Å². The number of carbonyl (C=O) groups excluding carboxylic acids is 1. The molecule has 2 aromatic carbocycles. The molecule has 0 saturated heterocycles. The molecule has 0 atom stereocenters. The highest BCUT2D eigenvalue weighted by molar-refractivity contribution is 7.91. The number of hydrogen-bond acceptors (Lipinski definition) is 8. The van der Waals surface area contributed by atoms with Gasteiger partial charge in [0.25, 0.3) is 5.16 Å². The van der Waals surface area contributed by atoms with Gasteiger partial charge in [0, 0.05) is 0 Å². The van der Waals surface area contributed by atoms with Crippen molar-refractivity contribution in [3.05, 3.63) is 54.1 Å². The van der Waals surface area contributed by atoms with E-state index < -0.39 is 21.0 Å². The number of hydrogen-bond donors (Lipinski definition) is 0. The zero-order valence-electron chi connectivity index (χ0n) is 13.9. The Hall–Kier alpha value is -3.27. The Morgan fingerprint density at radius 3 is 2.38 bits per heavy atom. The Labute approximate surface area is 149 Å². The van der Waals surface area contributed by atoms with E-state index in [1.165, 1.54) is 44.6 Å². The molecule has 0 saturated carbocycles. The summed E-state index contributed by atoms with van der Waals surface area (Å²) in [4.78, 5) is 12.8. The molecule has 0 aliphatic carbocycles. The van der Waals surface area contributed by atoms with E-state index in [0.717, 1.165) is 4.80 Å². The molecule has 0 spiro atoms. The van der Waals surface area contributed by atoms with Crippen LogP contribution in [0.4, 0.5) is 0 Å². The van der Waals surface area contributed by atoms with E-state index in [9.17, 15) is 13.2 Å². The van der Waals surface area contributed by atoms with Crippen molar-refractivity contribution in [2.75, 3.05) is 14.2 Å². The first-order chi connectivity index (χ1) is 12.5. The lowest BCUT2D eigenvalue weighted by molar-refractivity contribution is 0.0600. The van der Waals surface area contributed by atoms with Crippen LogP contribution in [0.5, 0.6) is 5.75 Å². The number of nitrogens with zero attached hydrogens (tertiary/aromatic N) is 4. The van der Waals surface area contributed by atoms with Crippen molar-refractivity contribution in [2.45, 2.75) is 10.1 Å². The van der Waals surface area contributed by atoms with E-state index in [2.05, 4.69) is 15.4 Å². The molecule has 1 heterocycles. The van der Waals surface area contributed by atoms with Crippen LogP contribution in [0.1, 0.15) is 10.4 Å². The SMILES string of the molecule is COC(=O)c1ccccc1-n1nnc(S(=O)(=O)c2ccc(OC)cc2)n1. The maximum absolute atomic E-state index is 12.6. The van der Waals surface area contributed by atoms with Crippen LogP contribution >= 0.6 is 0 Å². The van der Waals surface area contributed by atoms with Gasteiger partial charge in [-0.25, -0.2) is 13.2 Å². The number of esters is 1. The molecule has 0 aliphatic rings. The molecular weight excluding hydrogens is 360 g/mol. The third-order valence-corrected chi connectivity index (χ3v) is 5.07. The second-order valence-corrected chi connectivity index (χ2v) is 6.89. The first kappa shape index (κ1) is 17.5. The molecule has 1 aromatic heterocycles. The minimum atomic E-state index is -3.97. The molecule has 0 amide bonds. The van der Waals surface area contributed by atoms with Crippen LogP contribution < -0.4 is 4.74 Å². The highest BCUT2D eigenvalue weighted by Gasteiger charge is 2.25. The van der Waals surface area contributed by atoms with Gasteiger partial charge in [-0.1, -0.05) is 17.2 Å². The van der Waals surface area contributed by atoms with Gasteiger partial charge in [0.05, 0.1) is 24.7 Å². The predicted molar refractivity (Wildman–Crippen MR) is 88.9 cm³/mol. The van der Waals surface area contributed by atoms with Gasteiger partial charge in [0.1, 0.15) is 11.4 Å². The van der Waals surface area contributed by atoms with Gasteiger partial charge in [0.2, 0.25) is 9.84 Å². The molecule has 0 N–H and O–H groups in total. The standard InChI is InChI=1S/C16H14N4O5S/c1-24-11-7-9-12(10-8-11)26(22,23)16-17-19-20(18-16)14-6-4-3-5-13(14)15(21)25-2/h3-10H,1-2H3. The van der Waals surface area contributed by atoms with Crippen molar-refractivity contribution >= 4 is 15.8 Å². The fourth-order valence-electron chi connectivity index (χ4n) is 2.20. The van der Waals surface area contributed by atoms with E-state index in [-0.39, 0.29) is 16.1 Å². The second kappa shape index (κ2) is 6.92. The number of ether oxygens (including phenoxy) is 2. The summed E-state index contributed by atoms with van der Waals surface area (Å²) in [5, 5.41) is 10.8. The number of methoxy groups -OCH3 is 2. The number of rotatable bonds is 5. The van der Waals surface area contributed by atoms with Gasteiger partial charge in [0.15, 0.2) is 0 Å². The molecule has 0 fully saturated rings. The van der Waals surface area contributed by atoms with Gasteiger partial charge in [-0.2, -0.15) is 0 Å². The lowest BCUT2D eigenvalue weighted by Gasteiger charge is -2.05. The number of sulfone groups is 1. The molecule has 0 radical (unpaired) electrons. The fraction of sp³-hybridized carbons (Fsp3) is 0.125. The molecular formula is C16H14N4O5S. The fourth-order valence-corrected chi connectivity index (χ4v) is 3.24. The van der Waals surface area contributed by atoms with Crippen LogP contribution in [0.25, 0.3) is 5.69 Å². The van der Waals surface area contributed by atoms with Gasteiger partial charge < -0.3 is 9.47 Å². The first-order valence-corrected chi connectivity index (χ1v) is 8.82. The zero-order valence-corrected chi connectivity index (χ0v) is 14.7. The summed E-state index contributed by atoms with van der Waals surface area (Å²) in [6, 6.07) is 12.2. The molecule has 3 rings (SSSR count). The lowest BCUT2D eigenvalue weighted by Crippen LogP contribution is -2.10. The second-order valence-electron chi connectivity index (χ2n) is 5.05. The minimum Gasteiger partial charge on any atom is -0.497 e. The monoisotopic (exact) mass is 374 g/mol. The lowest BCUT2D eigenvalue weighted by atomic mass is 10.2. The molecule has 10 heteroatoms. The highest BCUT2D eigenvalue weighted by Crippen LogP contribution is 2.21. The van der Waals surface area contributed by atoms with E-state index in [1.807, 2.05) is 0 Å². The smallest absolute Gasteiger partial charge is 0.340 e. The molecule has 3 aromatic rings. The summed E-state index contributed by atoms with van der Waals surface area (Å²) in [5.41, 5.74) is 0.434. The van der Waals surface area contributed by atoms with Crippen LogP contribution in [-0.4, -0.2) is 48.8 Å².